The summed E-state index contributed by atoms with van der Waals surface area (Å²) in [4.78, 5) is 11.6. The van der Waals surface area contributed by atoms with Gasteiger partial charge in [0.15, 0.2) is 0 Å². The molecule has 2 rings (SSSR count). The quantitative estimate of drug-likeness (QED) is 0.766. The fraction of sp³-hybridized carbons (Fsp3) is 0.333. The Labute approximate surface area is 104 Å². The number of rotatable bonds is 5. The summed E-state index contributed by atoms with van der Waals surface area (Å²) in [7, 11) is 0. The number of thiophene rings is 1. The van der Waals surface area contributed by atoms with Gasteiger partial charge in [0.2, 0.25) is 0 Å². The van der Waals surface area contributed by atoms with Crippen LogP contribution >= 0.6 is 11.3 Å². The lowest BCUT2D eigenvalue weighted by atomic mass is 10.3. The Morgan fingerprint density at radius 2 is 2.53 bits per heavy atom. The maximum atomic E-state index is 11.6. The van der Waals surface area contributed by atoms with Gasteiger partial charge < -0.3 is 4.74 Å². The second-order valence-electron chi connectivity index (χ2n) is 3.79. The molecule has 0 spiro atoms. The van der Waals surface area contributed by atoms with Crippen LogP contribution in [0.4, 0.5) is 0 Å². The molecule has 5 heteroatoms. The van der Waals surface area contributed by atoms with Crippen molar-refractivity contribution in [2.75, 3.05) is 0 Å². The van der Waals surface area contributed by atoms with E-state index in [4.69, 9.17) is 4.74 Å². The lowest BCUT2D eigenvalue weighted by Gasteiger charge is -2.12. The number of aromatic nitrogens is 2. The monoisotopic (exact) mass is 250 g/mol. The largest absolute Gasteiger partial charge is 0.459 e. The molecule has 0 radical (unpaired) electrons. The van der Waals surface area contributed by atoms with Crippen LogP contribution in [0.1, 0.15) is 23.7 Å². The van der Waals surface area contributed by atoms with Crippen LogP contribution < -0.4 is 0 Å². The number of aryl methyl sites for hydroxylation is 1. The van der Waals surface area contributed by atoms with Crippen molar-refractivity contribution in [3.63, 3.8) is 0 Å². The lowest BCUT2D eigenvalue weighted by molar-refractivity contribution is 0.0314. The topological polar surface area (TPSA) is 44.1 Å². The Morgan fingerprint density at radius 1 is 1.65 bits per heavy atom. The molecule has 4 nitrogen and oxygen atoms in total. The smallest absolute Gasteiger partial charge is 0.339 e. The number of carbonyl (C=O) groups excluding carboxylic acids is 1. The van der Waals surface area contributed by atoms with E-state index >= 15 is 0 Å². The van der Waals surface area contributed by atoms with Crippen molar-refractivity contribution in [3.05, 3.63) is 40.8 Å². The van der Waals surface area contributed by atoms with Crippen molar-refractivity contribution in [3.8, 4) is 0 Å². The maximum Gasteiger partial charge on any atom is 0.339 e. The van der Waals surface area contributed by atoms with Gasteiger partial charge in [0, 0.05) is 30.7 Å². The average Bonchev–Trinajstić information content (AvgIpc) is 2.99. The van der Waals surface area contributed by atoms with Gasteiger partial charge in [-0.25, -0.2) is 4.79 Å². The molecular formula is C12H14N2O2S. The molecule has 0 fully saturated rings. The van der Waals surface area contributed by atoms with E-state index < -0.39 is 0 Å². The lowest BCUT2D eigenvalue weighted by Crippen LogP contribution is -2.17. The minimum absolute atomic E-state index is 0.105. The summed E-state index contributed by atoms with van der Waals surface area (Å²) in [5.41, 5.74) is 0.626. The highest BCUT2D eigenvalue weighted by Gasteiger charge is 2.12. The van der Waals surface area contributed by atoms with Crippen LogP contribution in [0.2, 0.25) is 0 Å². The molecule has 0 aromatic carbocycles. The zero-order chi connectivity index (χ0) is 12.1. The fourth-order valence-electron chi connectivity index (χ4n) is 1.44. The van der Waals surface area contributed by atoms with Crippen LogP contribution in [0.15, 0.2) is 35.3 Å². The van der Waals surface area contributed by atoms with E-state index in [1.54, 1.807) is 17.6 Å². The minimum Gasteiger partial charge on any atom is -0.459 e. The van der Waals surface area contributed by atoms with E-state index in [1.807, 2.05) is 29.2 Å². The second-order valence-corrected chi connectivity index (χ2v) is 4.57. The van der Waals surface area contributed by atoms with Gasteiger partial charge in [-0.3, -0.25) is 4.68 Å². The van der Waals surface area contributed by atoms with Crippen LogP contribution in [0.3, 0.4) is 0 Å². The second kappa shape index (κ2) is 5.63. The van der Waals surface area contributed by atoms with Crippen molar-refractivity contribution in [2.45, 2.75) is 26.0 Å². The first-order valence-electron chi connectivity index (χ1n) is 5.46. The summed E-state index contributed by atoms with van der Waals surface area (Å²) < 4.78 is 7.15. The highest BCUT2D eigenvalue weighted by Crippen LogP contribution is 2.10. The van der Waals surface area contributed by atoms with Crippen molar-refractivity contribution < 1.29 is 9.53 Å². The molecule has 2 heterocycles. The summed E-state index contributed by atoms with van der Waals surface area (Å²) in [5.74, 6) is -0.251. The third-order valence-corrected chi connectivity index (χ3v) is 3.07. The summed E-state index contributed by atoms with van der Waals surface area (Å²) in [6, 6.07) is 3.65. The van der Waals surface area contributed by atoms with Crippen molar-refractivity contribution in [1.82, 2.24) is 9.78 Å². The molecule has 17 heavy (non-hydrogen) atoms. The number of hydrogen-bond donors (Lipinski definition) is 0. The van der Waals surface area contributed by atoms with Crippen molar-refractivity contribution >= 4 is 17.3 Å². The number of nitrogens with zero attached hydrogens (tertiary/aromatic N) is 2. The van der Waals surface area contributed by atoms with E-state index in [2.05, 4.69) is 5.10 Å². The van der Waals surface area contributed by atoms with Gasteiger partial charge in [-0.05, 0) is 24.4 Å². The molecule has 2 aromatic rings. The first-order valence-corrected chi connectivity index (χ1v) is 6.40. The zero-order valence-electron chi connectivity index (χ0n) is 9.57. The Morgan fingerprint density at radius 3 is 3.18 bits per heavy atom. The Bertz CT molecular complexity index is 451. The molecule has 0 bridgehead atoms. The molecule has 90 valence electrons. The van der Waals surface area contributed by atoms with Gasteiger partial charge in [0.05, 0.1) is 5.56 Å². The Hall–Kier alpha value is -1.62. The van der Waals surface area contributed by atoms with Crippen LogP contribution in [0.25, 0.3) is 0 Å². The number of hydrogen-bond acceptors (Lipinski definition) is 4. The number of carbonyl (C=O) groups is 1. The number of esters is 1. The van der Waals surface area contributed by atoms with E-state index in [-0.39, 0.29) is 12.1 Å². The predicted molar refractivity (Wildman–Crippen MR) is 66.0 cm³/mol. The van der Waals surface area contributed by atoms with Crippen molar-refractivity contribution in [2.24, 2.45) is 0 Å². The summed E-state index contributed by atoms with van der Waals surface area (Å²) in [5, 5.41) is 7.76. The zero-order valence-corrected chi connectivity index (χ0v) is 10.4. The van der Waals surface area contributed by atoms with Gasteiger partial charge in [0.25, 0.3) is 0 Å². The normalized spacial score (nSPS) is 12.3. The maximum absolute atomic E-state index is 11.6. The highest BCUT2D eigenvalue weighted by molar-refractivity contribution is 7.08. The summed E-state index contributed by atoms with van der Waals surface area (Å²) >= 11 is 1.49. The molecule has 0 saturated carbocycles. The van der Waals surface area contributed by atoms with Crippen molar-refractivity contribution in [1.29, 1.82) is 0 Å². The average molecular weight is 250 g/mol. The molecular weight excluding hydrogens is 236 g/mol. The Balaban J connectivity index is 1.77. The SMILES string of the molecule is CC(CCn1cccn1)OC(=O)c1ccsc1. The standard InChI is InChI=1S/C12H14N2O2S/c1-10(3-7-14-6-2-5-13-14)16-12(15)11-4-8-17-9-11/h2,4-6,8-10H,3,7H2,1H3. The number of ether oxygens (including phenoxy) is 1. The summed E-state index contributed by atoms with van der Waals surface area (Å²) in [6.07, 6.45) is 4.29. The van der Waals surface area contributed by atoms with E-state index in [9.17, 15) is 4.79 Å². The molecule has 0 amide bonds. The molecule has 0 aliphatic heterocycles. The molecule has 1 atom stereocenters. The van der Waals surface area contributed by atoms with Crippen LogP contribution in [0, 0.1) is 0 Å². The van der Waals surface area contributed by atoms with Gasteiger partial charge in [-0.2, -0.15) is 16.4 Å². The van der Waals surface area contributed by atoms with Gasteiger partial charge in [0.1, 0.15) is 6.10 Å². The first-order chi connectivity index (χ1) is 8.25. The molecule has 0 N–H and O–H groups in total. The third-order valence-electron chi connectivity index (χ3n) is 2.39. The van der Waals surface area contributed by atoms with E-state index in [0.29, 0.717) is 5.56 Å². The first kappa shape index (κ1) is 11.9. The molecule has 0 saturated heterocycles. The third kappa shape index (κ3) is 3.42. The fourth-order valence-corrected chi connectivity index (χ4v) is 2.06. The molecule has 1 unspecified atom stereocenters. The summed E-state index contributed by atoms with van der Waals surface area (Å²) in [6.45, 7) is 2.65. The predicted octanol–water partition coefficient (Wildman–Crippen LogP) is 2.58. The van der Waals surface area contributed by atoms with Gasteiger partial charge >= 0.3 is 5.97 Å². The Kier molecular flexibility index (Phi) is 3.93. The van der Waals surface area contributed by atoms with E-state index in [1.165, 1.54) is 11.3 Å². The van der Waals surface area contributed by atoms with E-state index in [0.717, 1.165) is 13.0 Å². The minimum atomic E-state index is -0.251. The molecule has 0 aliphatic rings. The highest BCUT2D eigenvalue weighted by atomic mass is 32.1. The molecule has 2 aromatic heterocycles. The van der Waals surface area contributed by atoms with Gasteiger partial charge in [-0.15, -0.1) is 0 Å². The van der Waals surface area contributed by atoms with Crippen LogP contribution in [-0.2, 0) is 11.3 Å². The molecule has 0 aliphatic carbocycles. The van der Waals surface area contributed by atoms with Gasteiger partial charge in [-0.1, -0.05) is 0 Å². The van der Waals surface area contributed by atoms with Crippen LogP contribution in [-0.4, -0.2) is 21.9 Å². The van der Waals surface area contributed by atoms with Crippen LogP contribution in [0.5, 0.6) is 0 Å².